The quantitative estimate of drug-likeness (QED) is 0.897. The van der Waals surface area contributed by atoms with Crippen LogP contribution in [0.5, 0.6) is 5.75 Å². The molecule has 7 nitrogen and oxygen atoms in total. The summed E-state index contributed by atoms with van der Waals surface area (Å²) < 4.78 is 5.63. The van der Waals surface area contributed by atoms with E-state index in [1.807, 2.05) is 0 Å². The first-order valence-electron chi connectivity index (χ1n) is 7.37. The second-order valence-corrected chi connectivity index (χ2v) is 6.48. The zero-order valence-corrected chi connectivity index (χ0v) is 14.3. The van der Waals surface area contributed by atoms with Gasteiger partial charge in [0.2, 0.25) is 16.9 Å². The van der Waals surface area contributed by atoms with Crippen molar-refractivity contribution in [2.24, 2.45) is 0 Å². The molecule has 0 fully saturated rings. The number of aromatic nitrogens is 2. The Morgan fingerprint density at radius 2 is 2.25 bits per heavy atom. The molecular formula is C15H15ClN4O3S. The van der Waals surface area contributed by atoms with E-state index in [0.29, 0.717) is 29.9 Å². The van der Waals surface area contributed by atoms with Crippen molar-refractivity contribution >= 4 is 39.9 Å². The standard InChI is InChI=1S/C15H15ClN4O3S/c16-11-1-2-12-10(7-11)8-20(5-6-23-12)14(22)4-3-13(21)18-15-19-17-9-24-15/h1-2,7,9H,3-6,8H2,(H,18,19,21). The van der Waals surface area contributed by atoms with E-state index in [1.165, 1.54) is 16.8 Å². The van der Waals surface area contributed by atoms with Crippen LogP contribution in [0.15, 0.2) is 23.7 Å². The molecule has 0 bridgehead atoms. The number of anilines is 1. The fourth-order valence-corrected chi connectivity index (χ4v) is 3.02. The summed E-state index contributed by atoms with van der Waals surface area (Å²) >= 11 is 7.24. The van der Waals surface area contributed by atoms with Crippen molar-refractivity contribution in [1.29, 1.82) is 0 Å². The number of benzene rings is 1. The van der Waals surface area contributed by atoms with Crippen LogP contribution < -0.4 is 10.1 Å². The van der Waals surface area contributed by atoms with Crippen LogP contribution in [0.2, 0.25) is 5.02 Å². The van der Waals surface area contributed by atoms with Crippen LogP contribution >= 0.6 is 22.9 Å². The first-order valence-corrected chi connectivity index (χ1v) is 8.62. The van der Waals surface area contributed by atoms with Gasteiger partial charge in [-0.25, -0.2) is 0 Å². The lowest BCUT2D eigenvalue weighted by atomic mass is 10.2. The normalized spacial score (nSPS) is 13.6. The molecule has 1 aromatic carbocycles. The Morgan fingerprint density at radius 3 is 3.04 bits per heavy atom. The third-order valence-corrected chi connectivity index (χ3v) is 4.37. The molecule has 2 heterocycles. The molecule has 3 rings (SSSR count). The molecule has 1 N–H and O–H groups in total. The lowest BCUT2D eigenvalue weighted by Crippen LogP contribution is -2.33. The minimum Gasteiger partial charge on any atom is -0.491 e. The summed E-state index contributed by atoms with van der Waals surface area (Å²) in [4.78, 5) is 25.9. The first kappa shape index (κ1) is 16.7. The summed E-state index contributed by atoms with van der Waals surface area (Å²) in [5, 5.41) is 11.0. The highest BCUT2D eigenvalue weighted by atomic mass is 35.5. The van der Waals surface area contributed by atoms with Gasteiger partial charge in [0, 0.05) is 30.0 Å². The molecule has 126 valence electrons. The Hall–Kier alpha value is -2.19. The van der Waals surface area contributed by atoms with Crippen LogP contribution in [0.4, 0.5) is 5.13 Å². The number of halogens is 1. The molecule has 1 aliphatic heterocycles. The highest BCUT2D eigenvalue weighted by molar-refractivity contribution is 7.13. The number of carbonyl (C=O) groups excluding carboxylic acids is 2. The second kappa shape index (κ2) is 7.59. The summed E-state index contributed by atoms with van der Waals surface area (Å²) in [6.45, 7) is 1.31. The predicted octanol–water partition coefficient (Wildman–Crippen LogP) is 2.33. The van der Waals surface area contributed by atoms with Crippen molar-refractivity contribution in [3.63, 3.8) is 0 Å². The van der Waals surface area contributed by atoms with Gasteiger partial charge in [-0.3, -0.25) is 9.59 Å². The molecule has 0 unspecified atom stereocenters. The van der Waals surface area contributed by atoms with Gasteiger partial charge in [-0.15, -0.1) is 10.2 Å². The third kappa shape index (κ3) is 4.21. The van der Waals surface area contributed by atoms with E-state index < -0.39 is 0 Å². The average molecular weight is 367 g/mol. The van der Waals surface area contributed by atoms with Gasteiger partial charge < -0.3 is 15.0 Å². The van der Waals surface area contributed by atoms with E-state index >= 15 is 0 Å². The maximum atomic E-state index is 12.4. The van der Waals surface area contributed by atoms with E-state index in [4.69, 9.17) is 16.3 Å². The molecule has 0 saturated heterocycles. The number of carbonyl (C=O) groups is 2. The minimum absolute atomic E-state index is 0.0954. The molecule has 0 atom stereocenters. The Balaban J connectivity index is 1.55. The predicted molar refractivity (Wildman–Crippen MR) is 90.1 cm³/mol. The Morgan fingerprint density at radius 1 is 1.38 bits per heavy atom. The van der Waals surface area contributed by atoms with E-state index in [9.17, 15) is 9.59 Å². The van der Waals surface area contributed by atoms with Crippen LogP contribution in [-0.4, -0.2) is 40.1 Å². The van der Waals surface area contributed by atoms with Gasteiger partial charge in [-0.1, -0.05) is 22.9 Å². The highest BCUT2D eigenvalue weighted by Crippen LogP contribution is 2.26. The van der Waals surface area contributed by atoms with Gasteiger partial charge in [-0.05, 0) is 18.2 Å². The SMILES string of the molecule is O=C(CCC(=O)N1CCOc2ccc(Cl)cc2C1)Nc1nncs1. The maximum absolute atomic E-state index is 12.4. The molecule has 24 heavy (non-hydrogen) atoms. The number of fused-ring (bicyclic) bond motifs is 1. The average Bonchev–Trinajstić information content (AvgIpc) is 2.97. The van der Waals surface area contributed by atoms with Crippen LogP contribution in [0, 0.1) is 0 Å². The molecule has 2 amide bonds. The molecule has 0 spiro atoms. The number of hydrogen-bond acceptors (Lipinski definition) is 6. The monoisotopic (exact) mass is 366 g/mol. The molecule has 0 radical (unpaired) electrons. The number of rotatable bonds is 4. The van der Waals surface area contributed by atoms with Crippen molar-refractivity contribution < 1.29 is 14.3 Å². The summed E-state index contributed by atoms with van der Waals surface area (Å²) in [5.41, 5.74) is 2.40. The molecule has 2 aromatic rings. The lowest BCUT2D eigenvalue weighted by Gasteiger charge is -2.19. The Bertz CT molecular complexity index is 738. The van der Waals surface area contributed by atoms with Crippen molar-refractivity contribution in [3.05, 3.63) is 34.3 Å². The number of nitrogens with one attached hydrogen (secondary N) is 1. The number of hydrogen-bond donors (Lipinski definition) is 1. The molecule has 9 heteroatoms. The van der Waals surface area contributed by atoms with Crippen molar-refractivity contribution in [2.75, 3.05) is 18.5 Å². The maximum Gasteiger partial charge on any atom is 0.226 e. The Kier molecular flexibility index (Phi) is 5.27. The highest BCUT2D eigenvalue weighted by Gasteiger charge is 2.20. The van der Waals surface area contributed by atoms with E-state index in [1.54, 1.807) is 23.1 Å². The lowest BCUT2D eigenvalue weighted by molar-refractivity contribution is -0.133. The van der Waals surface area contributed by atoms with Crippen LogP contribution in [-0.2, 0) is 16.1 Å². The van der Waals surface area contributed by atoms with Crippen LogP contribution in [0.25, 0.3) is 0 Å². The summed E-state index contributed by atoms with van der Waals surface area (Å²) in [6, 6.07) is 5.36. The van der Waals surface area contributed by atoms with Gasteiger partial charge in [-0.2, -0.15) is 0 Å². The number of ether oxygens (including phenoxy) is 1. The fourth-order valence-electron chi connectivity index (χ4n) is 2.36. The number of amides is 2. The second-order valence-electron chi connectivity index (χ2n) is 5.21. The summed E-state index contributed by atoms with van der Waals surface area (Å²) in [5.74, 6) is 0.386. The molecule has 0 aliphatic carbocycles. The van der Waals surface area contributed by atoms with Gasteiger partial charge in [0.15, 0.2) is 0 Å². The first-order chi connectivity index (χ1) is 11.6. The molecular weight excluding hydrogens is 352 g/mol. The molecule has 1 aliphatic rings. The van der Waals surface area contributed by atoms with Crippen molar-refractivity contribution in [1.82, 2.24) is 15.1 Å². The van der Waals surface area contributed by atoms with E-state index in [-0.39, 0.29) is 24.7 Å². The zero-order chi connectivity index (χ0) is 16.9. The third-order valence-electron chi connectivity index (χ3n) is 3.53. The molecule has 0 saturated carbocycles. The van der Waals surface area contributed by atoms with Gasteiger partial charge in [0.25, 0.3) is 0 Å². The van der Waals surface area contributed by atoms with Crippen molar-refractivity contribution in [2.45, 2.75) is 19.4 Å². The summed E-state index contributed by atoms with van der Waals surface area (Å²) in [6.07, 6.45) is 0.221. The fraction of sp³-hybridized carbons (Fsp3) is 0.333. The van der Waals surface area contributed by atoms with E-state index in [2.05, 4.69) is 15.5 Å². The minimum atomic E-state index is -0.255. The smallest absolute Gasteiger partial charge is 0.226 e. The molecule has 1 aromatic heterocycles. The van der Waals surface area contributed by atoms with Crippen molar-refractivity contribution in [3.8, 4) is 5.75 Å². The zero-order valence-electron chi connectivity index (χ0n) is 12.7. The topological polar surface area (TPSA) is 84.4 Å². The largest absolute Gasteiger partial charge is 0.491 e. The van der Waals surface area contributed by atoms with Gasteiger partial charge in [0.05, 0.1) is 6.54 Å². The van der Waals surface area contributed by atoms with Crippen LogP contribution in [0.1, 0.15) is 18.4 Å². The van der Waals surface area contributed by atoms with Crippen LogP contribution in [0.3, 0.4) is 0 Å². The van der Waals surface area contributed by atoms with Gasteiger partial charge in [0.1, 0.15) is 17.9 Å². The summed E-state index contributed by atoms with van der Waals surface area (Å²) in [7, 11) is 0. The van der Waals surface area contributed by atoms with E-state index in [0.717, 1.165) is 11.3 Å². The van der Waals surface area contributed by atoms with Gasteiger partial charge >= 0.3 is 0 Å². The number of nitrogens with zero attached hydrogens (tertiary/aromatic N) is 3. The Labute approximate surface area is 147 Å².